The van der Waals surface area contributed by atoms with Gasteiger partial charge in [0.15, 0.2) is 5.69 Å². The van der Waals surface area contributed by atoms with E-state index in [1.54, 1.807) is 18.1 Å². The second kappa shape index (κ2) is 8.51. The number of para-hydroxylation sites is 1. The van der Waals surface area contributed by atoms with Crippen LogP contribution in [-0.2, 0) is 11.2 Å². The average molecular weight is 404 g/mol. The number of hydrogen-bond acceptors (Lipinski definition) is 6. The normalized spacial score (nSPS) is 18.5. The first kappa shape index (κ1) is 19.8. The molecule has 154 valence electrons. The van der Waals surface area contributed by atoms with Crippen molar-refractivity contribution in [2.45, 2.75) is 24.8 Å². The van der Waals surface area contributed by atoms with Gasteiger partial charge in [-0.15, -0.1) is 0 Å². The minimum Gasteiger partial charge on any atom is -0.360 e. The predicted molar refractivity (Wildman–Crippen MR) is 113 cm³/mol. The molecule has 30 heavy (non-hydrogen) atoms. The lowest BCUT2D eigenvalue weighted by Crippen LogP contribution is -2.38. The summed E-state index contributed by atoms with van der Waals surface area (Å²) in [6.07, 6.45) is 2.15. The van der Waals surface area contributed by atoms with Crippen LogP contribution in [0.15, 0.2) is 65.2 Å². The molecule has 1 fully saturated rings. The van der Waals surface area contributed by atoms with Crippen LogP contribution < -0.4 is 16.2 Å². The van der Waals surface area contributed by atoms with Gasteiger partial charge in [0.1, 0.15) is 12.0 Å². The summed E-state index contributed by atoms with van der Waals surface area (Å²) in [4.78, 5) is 24.3. The molecule has 4 rings (SSSR count). The molecule has 3 atom stereocenters. The zero-order chi connectivity index (χ0) is 21.1. The molecule has 1 aromatic heterocycles. The van der Waals surface area contributed by atoms with Crippen LogP contribution in [-0.4, -0.2) is 30.4 Å². The Bertz CT molecular complexity index is 1030. The quantitative estimate of drug-likeness (QED) is 0.340. The number of hydrogen-bond donors (Lipinski definition) is 2. The molecular weight excluding hydrogens is 380 g/mol. The number of carbonyl (C=O) groups is 2. The number of aromatic nitrogens is 1. The minimum atomic E-state index is -0.590. The van der Waals surface area contributed by atoms with Crippen molar-refractivity contribution >= 4 is 17.9 Å². The second-order valence-electron chi connectivity index (χ2n) is 7.65. The summed E-state index contributed by atoms with van der Waals surface area (Å²) in [7, 11) is 1.78. The van der Waals surface area contributed by atoms with Crippen molar-refractivity contribution in [3.63, 3.8) is 0 Å². The Morgan fingerprint density at radius 2 is 2.00 bits per heavy atom. The number of nitrogens with one attached hydrogen (secondary N) is 1. The molecule has 0 spiro atoms. The summed E-state index contributed by atoms with van der Waals surface area (Å²) >= 11 is 0. The number of hydrazine groups is 1. The molecule has 7 heteroatoms. The molecule has 0 unspecified atom stereocenters. The van der Waals surface area contributed by atoms with Gasteiger partial charge in [-0.2, -0.15) is 0 Å². The number of rotatable bonds is 8. The Morgan fingerprint density at radius 3 is 2.73 bits per heavy atom. The van der Waals surface area contributed by atoms with Gasteiger partial charge in [-0.25, -0.2) is 5.84 Å². The highest BCUT2D eigenvalue weighted by molar-refractivity contribution is 5.94. The highest BCUT2D eigenvalue weighted by atomic mass is 16.5. The summed E-state index contributed by atoms with van der Waals surface area (Å²) in [6.45, 7) is 0. The number of amides is 1. The third-order valence-corrected chi connectivity index (χ3v) is 5.47. The first-order chi connectivity index (χ1) is 14.6. The zero-order valence-corrected chi connectivity index (χ0v) is 16.7. The number of carbonyl (C=O) groups excluding carboxylic acids is 2. The topological polar surface area (TPSA) is 101 Å². The van der Waals surface area contributed by atoms with Crippen molar-refractivity contribution in [3.8, 4) is 0 Å². The van der Waals surface area contributed by atoms with Crippen LogP contribution in [0.3, 0.4) is 0 Å². The van der Waals surface area contributed by atoms with Crippen LogP contribution in [0, 0.1) is 5.92 Å². The fourth-order valence-electron chi connectivity index (χ4n) is 3.86. The van der Waals surface area contributed by atoms with E-state index in [-0.39, 0.29) is 17.5 Å². The maximum Gasteiger partial charge on any atom is 0.274 e. The zero-order valence-electron chi connectivity index (χ0n) is 16.7. The Morgan fingerprint density at radius 1 is 1.27 bits per heavy atom. The minimum absolute atomic E-state index is 0.0308. The molecule has 7 nitrogen and oxygen atoms in total. The molecule has 0 aliphatic heterocycles. The summed E-state index contributed by atoms with van der Waals surface area (Å²) < 4.78 is 5.29. The van der Waals surface area contributed by atoms with Crippen molar-refractivity contribution in [3.05, 3.63) is 83.2 Å². The summed E-state index contributed by atoms with van der Waals surface area (Å²) in [5.74, 6) is 6.31. The van der Waals surface area contributed by atoms with E-state index in [2.05, 4.69) is 10.5 Å². The van der Waals surface area contributed by atoms with Gasteiger partial charge in [-0.05, 0) is 35.4 Å². The Kier molecular flexibility index (Phi) is 5.63. The van der Waals surface area contributed by atoms with Crippen LogP contribution in [0.1, 0.15) is 39.7 Å². The Balaban J connectivity index is 1.40. The van der Waals surface area contributed by atoms with Crippen LogP contribution in [0.25, 0.3) is 0 Å². The van der Waals surface area contributed by atoms with Gasteiger partial charge in [0, 0.05) is 19.5 Å². The van der Waals surface area contributed by atoms with Crippen LogP contribution in [0.4, 0.5) is 5.69 Å². The number of nitrogens with zero attached hydrogens (tertiary/aromatic N) is 2. The van der Waals surface area contributed by atoms with E-state index >= 15 is 0 Å². The first-order valence-corrected chi connectivity index (χ1v) is 9.90. The molecule has 0 saturated heterocycles. The van der Waals surface area contributed by atoms with Crippen molar-refractivity contribution in [1.82, 2.24) is 10.5 Å². The lowest BCUT2D eigenvalue weighted by Gasteiger charge is -2.18. The summed E-state index contributed by atoms with van der Waals surface area (Å²) in [6, 6.07) is 18.7. The molecule has 1 saturated carbocycles. The molecule has 2 aromatic carbocycles. The molecule has 1 amide bonds. The molecular formula is C23H24N4O3. The van der Waals surface area contributed by atoms with Crippen LogP contribution >= 0.6 is 0 Å². The highest BCUT2D eigenvalue weighted by Crippen LogP contribution is 2.51. The van der Waals surface area contributed by atoms with Crippen molar-refractivity contribution in [2.24, 2.45) is 11.8 Å². The first-order valence-electron chi connectivity index (χ1n) is 9.90. The van der Waals surface area contributed by atoms with E-state index in [4.69, 9.17) is 10.4 Å². The van der Waals surface area contributed by atoms with Crippen LogP contribution in [0.5, 0.6) is 0 Å². The van der Waals surface area contributed by atoms with E-state index in [1.165, 1.54) is 0 Å². The van der Waals surface area contributed by atoms with Gasteiger partial charge in [0.2, 0.25) is 0 Å². The monoisotopic (exact) mass is 404 g/mol. The molecule has 0 bridgehead atoms. The van der Waals surface area contributed by atoms with Gasteiger partial charge < -0.3 is 19.6 Å². The molecule has 3 aromatic rings. The number of aldehydes is 1. The smallest absolute Gasteiger partial charge is 0.274 e. The number of anilines is 1. The van der Waals surface area contributed by atoms with Gasteiger partial charge in [0.25, 0.3) is 5.91 Å². The Hall–Kier alpha value is -3.45. The van der Waals surface area contributed by atoms with E-state index < -0.39 is 11.9 Å². The Labute approximate surface area is 174 Å². The number of benzene rings is 2. The van der Waals surface area contributed by atoms with Gasteiger partial charge in [-0.1, -0.05) is 53.7 Å². The number of nitrogens with two attached hydrogens (primary N) is 1. The molecule has 1 aliphatic rings. The second-order valence-corrected chi connectivity index (χ2v) is 7.65. The van der Waals surface area contributed by atoms with E-state index in [0.29, 0.717) is 12.2 Å². The lowest BCUT2D eigenvalue weighted by molar-refractivity contribution is -0.109. The van der Waals surface area contributed by atoms with Crippen molar-refractivity contribution < 1.29 is 14.1 Å². The third-order valence-electron chi connectivity index (χ3n) is 5.47. The lowest BCUT2D eigenvalue weighted by atomic mass is 10.0. The molecule has 1 heterocycles. The standard InChI is InChI=1S/C23H24N4O3/c1-27(24)22-10-6-5-9-17(22)18-13-19(18)21(14-28)25-23(29)20-12-16(30-26-20)11-15-7-3-2-4-8-15/h2-10,12,14,18-19,21H,11,13,24H2,1H3,(H,25,29)/t18-,19-,21+/m0/s1. The maximum atomic E-state index is 12.6. The SMILES string of the molecule is CN(N)c1ccccc1[C@@H]1C[C@@H]1[C@@H](C=O)NC(=O)c1cc(Cc2ccccc2)on1. The third kappa shape index (κ3) is 4.26. The molecule has 1 aliphatic carbocycles. The fourth-order valence-corrected chi connectivity index (χ4v) is 3.86. The van der Waals surface area contributed by atoms with E-state index in [0.717, 1.165) is 29.5 Å². The molecule has 0 radical (unpaired) electrons. The fraction of sp³-hybridized carbons (Fsp3) is 0.261. The largest absolute Gasteiger partial charge is 0.360 e. The van der Waals surface area contributed by atoms with Gasteiger partial charge in [0.05, 0.1) is 11.7 Å². The van der Waals surface area contributed by atoms with Gasteiger partial charge in [-0.3, -0.25) is 4.79 Å². The van der Waals surface area contributed by atoms with Gasteiger partial charge >= 0.3 is 0 Å². The van der Waals surface area contributed by atoms with Crippen molar-refractivity contribution in [2.75, 3.05) is 12.1 Å². The molecule has 3 N–H and O–H groups in total. The van der Waals surface area contributed by atoms with E-state index in [9.17, 15) is 9.59 Å². The summed E-state index contributed by atoms with van der Waals surface area (Å²) in [5.41, 5.74) is 3.24. The maximum absolute atomic E-state index is 12.6. The highest BCUT2D eigenvalue weighted by Gasteiger charge is 2.45. The average Bonchev–Trinajstić information content (AvgIpc) is 3.42. The predicted octanol–water partition coefficient (Wildman–Crippen LogP) is 2.68. The van der Waals surface area contributed by atoms with E-state index in [1.807, 2.05) is 54.6 Å². The van der Waals surface area contributed by atoms with Crippen molar-refractivity contribution in [1.29, 1.82) is 0 Å². The summed E-state index contributed by atoms with van der Waals surface area (Å²) in [5, 5.41) is 8.24. The van der Waals surface area contributed by atoms with Crippen LogP contribution in [0.2, 0.25) is 0 Å².